The summed E-state index contributed by atoms with van der Waals surface area (Å²) in [5.74, 6) is -1.41. The van der Waals surface area contributed by atoms with Crippen molar-refractivity contribution in [1.29, 1.82) is 0 Å². The average molecular weight is 128 g/mol. The first-order valence-corrected chi connectivity index (χ1v) is 1.46. The largest absolute Gasteiger partial charge is 0.476 e. The molecule has 0 aromatic heterocycles. The number of hydrogen-bond acceptors (Lipinski definition) is 3. The first kappa shape index (κ1) is 10.8. The summed E-state index contributed by atoms with van der Waals surface area (Å²) in [6.07, 6.45) is 0. The van der Waals surface area contributed by atoms with Crippen LogP contribution in [0, 0.1) is 10.1 Å². The molecule has 0 aliphatic rings. The Morgan fingerprint density at radius 3 is 2.12 bits per heavy atom. The van der Waals surface area contributed by atoms with Gasteiger partial charge < -0.3 is 5.11 Å². The Bertz CT molecular complexity index is 90.2. The molecule has 0 bridgehead atoms. The molecule has 0 rings (SSSR count). The SMILES string of the molecule is O=C(O)C[N+](=O)[O-].[Na]. The zero-order chi connectivity index (χ0) is 5.86. The van der Waals surface area contributed by atoms with E-state index in [-0.39, 0.29) is 29.6 Å². The molecule has 0 aromatic carbocycles. The Morgan fingerprint density at radius 1 is 1.75 bits per heavy atom. The normalized spacial score (nSPS) is 7.00. The summed E-state index contributed by atoms with van der Waals surface area (Å²) in [4.78, 5) is 17.7. The van der Waals surface area contributed by atoms with Crippen LogP contribution in [0.1, 0.15) is 0 Å². The number of aliphatic carboxylic acids is 1. The third-order valence-corrected chi connectivity index (χ3v) is 0.264. The maximum Gasteiger partial charge on any atom is 0.376 e. The summed E-state index contributed by atoms with van der Waals surface area (Å²) in [5.41, 5.74) is 0. The zero-order valence-corrected chi connectivity index (χ0v) is 6.33. The Balaban J connectivity index is 0. The number of nitro groups is 1. The van der Waals surface area contributed by atoms with E-state index in [1.165, 1.54) is 0 Å². The van der Waals surface area contributed by atoms with Gasteiger partial charge in [-0.1, -0.05) is 0 Å². The van der Waals surface area contributed by atoms with Crippen LogP contribution in [0.5, 0.6) is 0 Å². The van der Waals surface area contributed by atoms with Crippen molar-refractivity contribution in [2.45, 2.75) is 0 Å². The number of carboxylic acids is 1. The van der Waals surface area contributed by atoms with Crippen molar-refractivity contribution in [3.05, 3.63) is 10.1 Å². The molecule has 0 saturated carbocycles. The molecule has 0 fully saturated rings. The van der Waals surface area contributed by atoms with E-state index >= 15 is 0 Å². The third kappa shape index (κ3) is 9.30. The molecule has 0 saturated heterocycles. The molecule has 8 heavy (non-hydrogen) atoms. The van der Waals surface area contributed by atoms with E-state index in [0.29, 0.717) is 0 Å². The molecule has 0 aliphatic carbocycles. The van der Waals surface area contributed by atoms with E-state index in [1.807, 2.05) is 0 Å². The van der Waals surface area contributed by atoms with Crippen LogP contribution in [-0.2, 0) is 4.79 Å². The first-order valence-electron chi connectivity index (χ1n) is 1.46. The summed E-state index contributed by atoms with van der Waals surface area (Å²) in [6.45, 7) is -1.00. The molecule has 0 amide bonds. The molecule has 0 atom stereocenters. The fourth-order valence-corrected chi connectivity index (χ4v) is 0.110. The van der Waals surface area contributed by atoms with E-state index in [9.17, 15) is 14.9 Å². The van der Waals surface area contributed by atoms with Gasteiger partial charge in [-0.2, -0.15) is 0 Å². The predicted molar refractivity (Wildman–Crippen MR) is 25.3 cm³/mol. The summed E-state index contributed by atoms with van der Waals surface area (Å²) in [5, 5.41) is 16.9. The Hall–Kier alpha value is -0.130. The fourth-order valence-electron chi connectivity index (χ4n) is 0.110. The van der Waals surface area contributed by atoms with Gasteiger partial charge in [0.05, 0.1) is 0 Å². The van der Waals surface area contributed by atoms with E-state index in [4.69, 9.17) is 5.11 Å². The average Bonchev–Trinajstić information content (AvgIpc) is 1.27. The van der Waals surface area contributed by atoms with Crippen molar-refractivity contribution in [3.8, 4) is 0 Å². The first-order chi connectivity index (χ1) is 3.13. The molecule has 0 unspecified atom stereocenters. The topological polar surface area (TPSA) is 80.4 Å². The Kier molecular flexibility index (Phi) is 6.76. The van der Waals surface area contributed by atoms with Gasteiger partial charge in [0, 0.05) is 34.5 Å². The van der Waals surface area contributed by atoms with E-state index < -0.39 is 17.4 Å². The van der Waals surface area contributed by atoms with Crippen LogP contribution in [-0.4, -0.2) is 52.1 Å². The molecule has 0 heterocycles. The molecule has 41 valence electrons. The number of carbonyl (C=O) groups is 1. The number of hydrogen-bond donors (Lipinski definition) is 1. The monoisotopic (exact) mass is 128 g/mol. The molecule has 5 nitrogen and oxygen atoms in total. The van der Waals surface area contributed by atoms with Crippen molar-refractivity contribution in [2.75, 3.05) is 6.54 Å². The van der Waals surface area contributed by atoms with Crippen molar-refractivity contribution in [1.82, 2.24) is 0 Å². The van der Waals surface area contributed by atoms with Gasteiger partial charge in [-0.25, -0.2) is 4.79 Å². The van der Waals surface area contributed by atoms with Crippen LogP contribution >= 0.6 is 0 Å². The van der Waals surface area contributed by atoms with Gasteiger partial charge in [0.25, 0.3) is 6.54 Å². The minimum absolute atomic E-state index is 0. The third-order valence-electron chi connectivity index (χ3n) is 0.264. The standard InChI is InChI=1S/C2H3NO4.Na/c4-2(5)1-3(6)7;/h1H2,(H,4,5);. The zero-order valence-electron chi connectivity index (χ0n) is 4.33. The Morgan fingerprint density at radius 2 is 2.12 bits per heavy atom. The van der Waals surface area contributed by atoms with Gasteiger partial charge in [0.2, 0.25) is 0 Å². The van der Waals surface area contributed by atoms with Crippen LogP contribution in [0.4, 0.5) is 0 Å². The molecular formula is C2H3NNaO4. The molecule has 0 aliphatic heterocycles. The second kappa shape index (κ2) is 5.02. The number of rotatable bonds is 2. The van der Waals surface area contributed by atoms with Crippen LogP contribution in [0.2, 0.25) is 0 Å². The number of carboxylic acid groups (broad SMARTS) is 1. The summed E-state index contributed by atoms with van der Waals surface area (Å²) in [6, 6.07) is 0. The second-order valence-corrected chi connectivity index (χ2v) is 0.885. The van der Waals surface area contributed by atoms with E-state index in [0.717, 1.165) is 0 Å². The fraction of sp³-hybridized carbons (Fsp3) is 0.500. The summed E-state index contributed by atoms with van der Waals surface area (Å²) in [7, 11) is 0. The minimum atomic E-state index is -1.41. The van der Waals surface area contributed by atoms with E-state index in [2.05, 4.69) is 0 Å². The van der Waals surface area contributed by atoms with Crippen molar-refractivity contribution >= 4 is 35.5 Å². The second-order valence-electron chi connectivity index (χ2n) is 0.885. The maximum atomic E-state index is 9.37. The molecule has 1 radical (unpaired) electrons. The van der Waals surface area contributed by atoms with Gasteiger partial charge in [0.15, 0.2) is 0 Å². The Labute approximate surface area is 67.1 Å². The van der Waals surface area contributed by atoms with Gasteiger partial charge in [-0.15, -0.1) is 0 Å². The maximum absolute atomic E-state index is 9.37. The van der Waals surface area contributed by atoms with Crippen LogP contribution in [0.3, 0.4) is 0 Å². The summed E-state index contributed by atoms with van der Waals surface area (Å²) < 4.78 is 0. The van der Waals surface area contributed by atoms with Gasteiger partial charge in [-0.05, 0) is 0 Å². The molecule has 0 spiro atoms. The van der Waals surface area contributed by atoms with Crippen molar-refractivity contribution < 1.29 is 14.8 Å². The van der Waals surface area contributed by atoms with Gasteiger partial charge in [-0.3, -0.25) is 10.1 Å². The van der Waals surface area contributed by atoms with Crippen molar-refractivity contribution in [3.63, 3.8) is 0 Å². The molecule has 1 N–H and O–H groups in total. The molecule has 6 heteroatoms. The molecule has 0 aromatic rings. The van der Waals surface area contributed by atoms with Crippen molar-refractivity contribution in [2.24, 2.45) is 0 Å². The smallest absolute Gasteiger partial charge is 0.376 e. The molecular weight excluding hydrogens is 125 g/mol. The number of nitrogens with zero attached hydrogens (tertiary/aromatic N) is 1. The predicted octanol–water partition coefficient (Wildman–Crippen LogP) is -1.03. The quantitative estimate of drug-likeness (QED) is 0.293. The van der Waals surface area contributed by atoms with Crippen LogP contribution < -0.4 is 0 Å². The van der Waals surface area contributed by atoms with Gasteiger partial charge >= 0.3 is 5.97 Å². The van der Waals surface area contributed by atoms with Crippen LogP contribution in [0.15, 0.2) is 0 Å². The van der Waals surface area contributed by atoms with E-state index in [1.54, 1.807) is 0 Å². The summed E-state index contributed by atoms with van der Waals surface area (Å²) >= 11 is 0. The van der Waals surface area contributed by atoms with Crippen LogP contribution in [0.25, 0.3) is 0 Å². The van der Waals surface area contributed by atoms with Gasteiger partial charge in [0.1, 0.15) is 0 Å². The minimum Gasteiger partial charge on any atom is -0.476 e.